The van der Waals surface area contributed by atoms with Crippen LogP contribution in [0.4, 0.5) is 5.69 Å². The van der Waals surface area contributed by atoms with Crippen molar-refractivity contribution in [2.24, 2.45) is 0 Å². The lowest BCUT2D eigenvalue weighted by Crippen LogP contribution is -2.51. The molecule has 0 fully saturated rings. The van der Waals surface area contributed by atoms with E-state index in [-0.39, 0.29) is 29.5 Å². The number of ether oxygens (including phenoxy) is 1. The number of carbonyl (C=O) groups excluding carboxylic acids is 2. The Bertz CT molecular complexity index is 1580. The maximum atomic E-state index is 13.9. The molecule has 1 aromatic heterocycles. The van der Waals surface area contributed by atoms with Crippen LogP contribution in [0, 0.1) is 0 Å². The molecular weight excluding hydrogens is 466 g/mol. The summed E-state index contributed by atoms with van der Waals surface area (Å²) in [7, 11) is 0. The van der Waals surface area contributed by atoms with Gasteiger partial charge in [0.25, 0.3) is 11.8 Å². The van der Waals surface area contributed by atoms with Crippen LogP contribution in [0.15, 0.2) is 83.8 Å². The van der Waals surface area contributed by atoms with Crippen molar-refractivity contribution in [1.82, 2.24) is 9.88 Å². The SMILES string of the molecule is C[C@H]1Cc2cccc3c(=O)c(C(=O)N4C[C@H](C(=O)NCCc5ccccc5)Oc5ccccc54)cn1c23. The Labute approximate surface area is 214 Å². The fourth-order valence-corrected chi connectivity index (χ4v) is 5.37. The van der Waals surface area contributed by atoms with Gasteiger partial charge in [0.05, 0.1) is 17.7 Å². The molecule has 3 aromatic carbocycles. The van der Waals surface area contributed by atoms with Crippen LogP contribution >= 0.6 is 0 Å². The molecule has 37 heavy (non-hydrogen) atoms. The molecule has 0 saturated heterocycles. The lowest BCUT2D eigenvalue weighted by molar-refractivity contribution is -0.127. The third kappa shape index (κ3) is 4.06. The van der Waals surface area contributed by atoms with Crippen LogP contribution in [0.1, 0.15) is 34.5 Å². The monoisotopic (exact) mass is 493 g/mol. The number of hydrogen-bond donors (Lipinski definition) is 1. The average molecular weight is 494 g/mol. The quantitative estimate of drug-likeness (QED) is 0.458. The second kappa shape index (κ2) is 9.24. The topological polar surface area (TPSA) is 80.6 Å². The van der Waals surface area contributed by atoms with E-state index in [0.717, 1.165) is 23.1 Å². The molecule has 2 atom stereocenters. The van der Waals surface area contributed by atoms with Crippen molar-refractivity contribution < 1.29 is 14.3 Å². The van der Waals surface area contributed by atoms with E-state index in [1.165, 1.54) is 4.90 Å². The predicted molar refractivity (Wildman–Crippen MR) is 142 cm³/mol. The van der Waals surface area contributed by atoms with Crippen molar-refractivity contribution in [3.05, 3.63) is 106 Å². The molecule has 2 aliphatic rings. The van der Waals surface area contributed by atoms with Crippen molar-refractivity contribution in [3.63, 3.8) is 0 Å². The normalized spacial score (nSPS) is 17.8. The van der Waals surface area contributed by atoms with E-state index in [1.54, 1.807) is 30.5 Å². The van der Waals surface area contributed by atoms with Crippen LogP contribution in [0.5, 0.6) is 5.75 Å². The smallest absolute Gasteiger partial charge is 0.264 e. The van der Waals surface area contributed by atoms with E-state index < -0.39 is 12.0 Å². The Balaban J connectivity index is 1.29. The molecular formula is C30H27N3O4. The molecule has 0 spiro atoms. The number of aromatic nitrogens is 1. The average Bonchev–Trinajstić information content (AvgIpc) is 3.25. The molecule has 0 unspecified atom stereocenters. The Kier molecular flexibility index (Phi) is 5.75. The van der Waals surface area contributed by atoms with Gasteiger partial charge in [0.2, 0.25) is 5.43 Å². The van der Waals surface area contributed by atoms with Crippen LogP contribution < -0.4 is 20.4 Å². The van der Waals surface area contributed by atoms with Gasteiger partial charge in [-0.25, -0.2) is 0 Å². The van der Waals surface area contributed by atoms with Crippen molar-refractivity contribution in [1.29, 1.82) is 0 Å². The van der Waals surface area contributed by atoms with Crippen molar-refractivity contribution >= 4 is 28.4 Å². The molecule has 4 aromatic rings. The number of hydrogen-bond acceptors (Lipinski definition) is 4. The molecule has 7 nitrogen and oxygen atoms in total. The summed E-state index contributed by atoms with van der Waals surface area (Å²) >= 11 is 0. The molecule has 6 rings (SSSR count). The highest BCUT2D eigenvalue weighted by atomic mass is 16.5. The zero-order valence-corrected chi connectivity index (χ0v) is 20.5. The highest BCUT2D eigenvalue weighted by Gasteiger charge is 2.36. The molecule has 7 heteroatoms. The Morgan fingerprint density at radius 2 is 1.78 bits per heavy atom. The van der Waals surface area contributed by atoms with Crippen molar-refractivity contribution in [3.8, 4) is 5.75 Å². The first-order valence-electron chi connectivity index (χ1n) is 12.6. The summed E-state index contributed by atoms with van der Waals surface area (Å²) in [6.45, 7) is 2.55. The zero-order valence-electron chi connectivity index (χ0n) is 20.5. The van der Waals surface area contributed by atoms with E-state index in [4.69, 9.17) is 4.74 Å². The van der Waals surface area contributed by atoms with Crippen LogP contribution in [-0.4, -0.2) is 35.6 Å². The molecule has 0 aliphatic carbocycles. The van der Waals surface area contributed by atoms with Crippen molar-refractivity contribution in [2.45, 2.75) is 31.9 Å². The van der Waals surface area contributed by atoms with Gasteiger partial charge in [-0.3, -0.25) is 14.4 Å². The number of benzene rings is 3. The molecule has 0 bridgehead atoms. The lowest BCUT2D eigenvalue weighted by Gasteiger charge is -2.34. The van der Waals surface area contributed by atoms with Gasteiger partial charge in [0.1, 0.15) is 11.3 Å². The van der Waals surface area contributed by atoms with Gasteiger partial charge in [0.15, 0.2) is 6.10 Å². The third-order valence-corrected chi connectivity index (χ3v) is 7.22. The third-order valence-electron chi connectivity index (χ3n) is 7.22. The standard InChI is InChI=1S/C30H27N3O4/c1-19-16-21-10-7-11-22-27(21)32(19)17-23(28(22)34)30(36)33-18-26(37-25-13-6-5-12-24(25)33)29(35)31-15-14-20-8-3-2-4-9-20/h2-13,17,19,26H,14-16,18H2,1H3,(H,31,35)/t19-,26+/m0/s1. The molecule has 2 amide bonds. The summed E-state index contributed by atoms with van der Waals surface area (Å²) in [6.07, 6.45) is 2.30. The first kappa shape index (κ1) is 23.0. The fourth-order valence-electron chi connectivity index (χ4n) is 5.37. The highest BCUT2D eigenvalue weighted by Crippen LogP contribution is 2.35. The van der Waals surface area contributed by atoms with E-state index in [9.17, 15) is 14.4 Å². The highest BCUT2D eigenvalue weighted by molar-refractivity contribution is 6.09. The number of nitrogens with zero attached hydrogens (tertiary/aromatic N) is 2. The fraction of sp³-hybridized carbons (Fsp3) is 0.233. The van der Waals surface area contributed by atoms with Gasteiger partial charge >= 0.3 is 0 Å². The lowest BCUT2D eigenvalue weighted by atomic mass is 10.1. The van der Waals surface area contributed by atoms with E-state index in [2.05, 4.69) is 12.2 Å². The van der Waals surface area contributed by atoms with Crippen LogP contribution in [0.2, 0.25) is 0 Å². The maximum absolute atomic E-state index is 13.9. The van der Waals surface area contributed by atoms with Gasteiger partial charge in [0, 0.05) is 24.2 Å². The largest absolute Gasteiger partial charge is 0.477 e. The Morgan fingerprint density at radius 1 is 1.00 bits per heavy atom. The van der Waals surface area contributed by atoms with Gasteiger partial charge in [-0.05, 0) is 49.1 Å². The van der Waals surface area contributed by atoms with Gasteiger partial charge < -0.3 is 19.5 Å². The van der Waals surface area contributed by atoms with Gasteiger partial charge in [-0.2, -0.15) is 0 Å². The van der Waals surface area contributed by atoms with Gasteiger partial charge in [-0.1, -0.05) is 54.6 Å². The summed E-state index contributed by atoms with van der Waals surface area (Å²) in [5, 5.41) is 3.48. The first-order valence-corrected chi connectivity index (χ1v) is 12.6. The molecule has 2 aliphatic heterocycles. The second-order valence-corrected chi connectivity index (χ2v) is 9.66. The number of carbonyl (C=O) groups is 2. The minimum atomic E-state index is -0.890. The number of fused-ring (bicyclic) bond motifs is 1. The summed E-state index contributed by atoms with van der Waals surface area (Å²) in [5.74, 6) is -0.292. The number of rotatable bonds is 5. The Morgan fingerprint density at radius 3 is 2.62 bits per heavy atom. The second-order valence-electron chi connectivity index (χ2n) is 9.66. The number of para-hydroxylation sites is 3. The minimum absolute atomic E-state index is 0.0140. The first-order chi connectivity index (χ1) is 18.0. The Hall–Kier alpha value is -4.39. The van der Waals surface area contributed by atoms with Crippen molar-refractivity contribution in [2.75, 3.05) is 18.0 Å². The number of anilines is 1. The number of pyridine rings is 1. The predicted octanol–water partition coefficient (Wildman–Crippen LogP) is 3.89. The summed E-state index contributed by atoms with van der Waals surface area (Å²) in [5.41, 5.74) is 3.48. The van der Waals surface area contributed by atoms with Crippen LogP contribution in [-0.2, 0) is 17.6 Å². The molecule has 0 saturated carbocycles. The van der Waals surface area contributed by atoms with E-state index in [0.29, 0.717) is 29.8 Å². The minimum Gasteiger partial charge on any atom is -0.477 e. The summed E-state index contributed by atoms with van der Waals surface area (Å²) < 4.78 is 8.02. The van der Waals surface area contributed by atoms with Gasteiger partial charge in [-0.15, -0.1) is 0 Å². The molecule has 1 N–H and O–H groups in total. The maximum Gasteiger partial charge on any atom is 0.264 e. The summed E-state index contributed by atoms with van der Waals surface area (Å²) in [6, 6.07) is 22.8. The molecule has 3 heterocycles. The molecule has 0 radical (unpaired) electrons. The van der Waals surface area contributed by atoms with Crippen LogP contribution in [0.3, 0.4) is 0 Å². The van der Waals surface area contributed by atoms with E-state index >= 15 is 0 Å². The molecule has 186 valence electrons. The number of nitrogens with one attached hydrogen (secondary N) is 1. The zero-order chi connectivity index (χ0) is 25.5. The number of amides is 2. The van der Waals surface area contributed by atoms with E-state index in [1.807, 2.05) is 53.1 Å². The van der Waals surface area contributed by atoms with Crippen LogP contribution in [0.25, 0.3) is 10.9 Å². The summed E-state index contributed by atoms with van der Waals surface area (Å²) in [4.78, 5) is 41.9.